The molecule has 0 aliphatic heterocycles. The van der Waals surface area contributed by atoms with Crippen LogP contribution in [0, 0.1) is 0 Å². The van der Waals surface area contributed by atoms with Crippen molar-refractivity contribution in [2.75, 3.05) is 25.4 Å². The van der Waals surface area contributed by atoms with Crippen molar-refractivity contribution < 1.29 is 12.6 Å². The zero-order valence-corrected chi connectivity index (χ0v) is 14.8. The third-order valence-corrected chi connectivity index (χ3v) is 4.83. The summed E-state index contributed by atoms with van der Waals surface area (Å²) in [7, 11) is -3.31. The van der Waals surface area contributed by atoms with E-state index >= 15 is 0 Å². The lowest BCUT2D eigenvalue weighted by Gasteiger charge is -2.06. The van der Waals surface area contributed by atoms with E-state index < -0.39 is 10.1 Å². The van der Waals surface area contributed by atoms with Crippen LogP contribution in [0.1, 0.15) is 78.1 Å². The minimum Gasteiger partial charge on any atom is -0.316 e. The Morgan fingerprint density at radius 1 is 0.762 bits per heavy atom. The van der Waals surface area contributed by atoms with Gasteiger partial charge < -0.3 is 5.32 Å². The highest BCUT2D eigenvalue weighted by atomic mass is 32.2. The minimum atomic E-state index is -3.31. The van der Waals surface area contributed by atoms with Crippen molar-refractivity contribution in [3.8, 4) is 0 Å². The molecular formula is C16H35NO3S. The summed E-state index contributed by atoms with van der Waals surface area (Å²) in [5, 5.41) is 3.17. The largest absolute Gasteiger partial charge is 0.316 e. The zero-order chi connectivity index (χ0) is 15.8. The lowest BCUT2D eigenvalue weighted by molar-refractivity contribution is 0.337. The molecule has 0 aliphatic carbocycles. The van der Waals surface area contributed by atoms with Gasteiger partial charge in [-0.2, -0.15) is 8.42 Å². The highest BCUT2D eigenvalue weighted by Crippen LogP contribution is 2.10. The molecule has 128 valence electrons. The van der Waals surface area contributed by atoms with Gasteiger partial charge in [0.05, 0.1) is 12.4 Å². The van der Waals surface area contributed by atoms with Crippen LogP contribution in [0.15, 0.2) is 0 Å². The molecule has 1 N–H and O–H groups in total. The molecule has 0 aliphatic rings. The van der Waals surface area contributed by atoms with Gasteiger partial charge in [-0.3, -0.25) is 4.18 Å². The molecule has 0 bridgehead atoms. The molecule has 0 spiro atoms. The van der Waals surface area contributed by atoms with Crippen LogP contribution in [0.5, 0.6) is 0 Å². The first-order valence-corrected chi connectivity index (χ1v) is 10.3. The fourth-order valence-electron chi connectivity index (χ4n) is 2.30. The monoisotopic (exact) mass is 321 g/mol. The first-order valence-electron chi connectivity index (χ1n) is 8.70. The molecule has 0 amide bonds. The Labute approximate surface area is 132 Å². The molecule has 4 nitrogen and oxygen atoms in total. The van der Waals surface area contributed by atoms with E-state index in [0.717, 1.165) is 13.0 Å². The van der Waals surface area contributed by atoms with Crippen molar-refractivity contribution in [2.24, 2.45) is 0 Å². The first kappa shape index (κ1) is 20.9. The van der Waals surface area contributed by atoms with Gasteiger partial charge in [-0.25, -0.2) is 0 Å². The van der Waals surface area contributed by atoms with Gasteiger partial charge in [-0.05, 0) is 19.9 Å². The predicted molar refractivity (Wildman–Crippen MR) is 90.1 cm³/mol. The fraction of sp³-hybridized carbons (Fsp3) is 1.00. The summed E-state index contributed by atoms with van der Waals surface area (Å²) in [6, 6.07) is 0. The van der Waals surface area contributed by atoms with E-state index in [9.17, 15) is 8.42 Å². The second-order valence-electron chi connectivity index (χ2n) is 5.60. The average Bonchev–Trinajstić information content (AvgIpc) is 2.44. The highest BCUT2D eigenvalue weighted by molar-refractivity contribution is 7.86. The van der Waals surface area contributed by atoms with Crippen LogP contribution in [0.3, 0.4) is 0 Å². The number of unbranched alkanes of at least 4 members (excludes halogenated alkanes) is 9. The lowest BCUT2D eigenvalue weighted by Crippen LogP contribution is -2.25. The predicted octanol–water partition coefficient (Wildman–Crippen LogP) is 3.86. The Morgan fingerprint density at radius 2 is 1.29 bits per heavy atom. The van der Waals surface area contributed by atoms with Gasteiger partial charge in [0.1, 0.15) is 0 Å². The summed E-state index contributed by atoms with van der Waals surface area (Å²) in [6.45, 7) is 5.55. The van der Waals surface area contributed by atoms with Gasteiger partial charge in [-0.1, -0.05) is 64.7 Å². The Kier molecular flexibility index (Phi) is 14.7. The van der Waals surface area contributed by atoms with E-state index in [1.807, 2.05) is 0 Å². The van der Waals surface area contributed by atoms with Crippen molar-refractivity contribution in [3.05, 3.63) is 0 Å². The van der Waals surface area contributed by atoms with E-state index in [0.29, 0.717) is 6.54 Å². The van der Waals surface area contributed by atoms with Gasteiger partial charge in [0.15, 0.2) is 0 Å². The molecule has 0 rings (SSSR count). The maximum absolute atomic E-state index is 11.3. The summed E-state index contributed by atoms with van der Waals surface area (Å²) < 4.78 is 27.2. The maximum Gasteiger partial charge on any atom is 0.268 e. The summed E-state index contributed by atoms with van der Waals surface area (Å²) in [4.78, 5) is 0. The van der Waals surface area contributed by atoms with Crippen molar-refractivity contribution in [1.82, 2.24) is 5.32 Å². The number of rotatable bonds is 16. The second-order valence-corrected chi connectivity index (χ2v) is 7.36. The SMILES string of the molecule is CCCCCCCCCCCCNCCS(=O)(=O)OCC. The molecule has 0 atom stereocenters. The van der Waals surface area contributed by atoms with Gasteiger partial charge in [0.2, 0.25) is 0 Å². The van der Waals surface area contributed by atoms with Crippen molar-refractivity contribution in [3.63, 3.8) is 0 Å². The quantitative estimate of drug-likeness (QED) is 0.346. The van der Waals surface area contributed by atoms with Crippen LogP contribution < -0.4 is 5.32 Å². The molecule has 0 aromatic rings. The van der Waals surface area contributed by atoms with E-state index in [2.05, 4.69) is 16.4 Å². The zero-order valence-electron chi connectivity index (χ0n) is 14.0. The average molecular weight is 322 g/mol. The number of nitrogens with one attached hydrogen (secondary N) is 1. The van der Waals surface area contributed by atoms with E-state index in [1.54, 1.807) is 6.92 Å². The molecule has 5 heteroatoms. The smallest absolute Gasteiger partial charge is 0.268 e. The standard InChI is InChI=1S/C16H35NO3S/c1-3-5-6-7-8-9-10-11-12-13-14-17-15-16-21(18,19)20-4-2/h17H,3-16H2,1-2H3. The van der Waals surface area contributed by atoms with Crippen LogP contribution in [0.25, 0.3) is 0 Å². The Balaban J connectivity index is 3.16. The molecule has 21 heavy (non-hydrogen) atoms. The third-order valence-electron chi connectivity index (χ3n) is 3.53. The topological polar surface area (TPSA) is 55.4 Å². The van der Waals surface area contributed by atoms with E-state index in [1.165, 1.54) is 57.8 Å². The lowest BCUT2D eigenvalue weighted by atomic mass is 10.1. The molecule has 0 aromatic carbocycles. The normalized spacial score (nSPS) is 11.9. The van der Waals surface area contributed by atoms with Gasteiger partial charge >= 0.3 is 0 Å². The summed E-state index contributed by atoms with van der Waals surface area (Å²) >= 11 is 0. The van der Waals surface area contributed by atoms with Crippen LogP contribution in [0.2, 0.25) is 0 Å². The first-order chi connectivity index (χ1) is 10.1. The van der Waals surface area contributed by atoms with Crippen LogP contribution in [-0.2, 0) is 14.3 Å². The summed E-state index contributed by atoms with van der Waals surface area (Å²) in [5.41, 5.74) is 0. The van der Waals surface area contributed by atoms with Gasteiger partial charge in [-0.15, -0.1) is 0 Å². The van der Waals surface area contributed by atoms with Gasteiger partial charge in [0, 0.05) is 6.54 Å². The summed E-state index contributed by atoms with van der Waals surface area (Å²) in [5.74, 6) is 0.0681. The van der Waals surface area contributed by atoms with E-state index in [4.69, 9.17) is 0 Å². The summed E-state index contributed by atoms with van der Waals surface area (Å²) in [6.07, 6.45) is 13.2. The molecule has 0 saturated carbocycles. The van der Waals surface area contributed by atoms with Crippen molar-refractivity contribution in [2.45, 2.75) is 78.1 Å². The second kappa shape index (κ2) is 14.8. The minimum absolute atomic E-state index is 0.0681. The molecule has 0 heterocycles. The number of hydrogen-bond acceptors (Lipinski definition) is 4. The van der Waals surface area contributed by atoms with Crippen LogP contribution in [0.4, 0.5) is 0 Å². The molecule has 0 fully saturated rings. The van der Waals surface area contributed by atoms with Crippen molar-refractivity contribution >= 4 is 10.1 Å². The van der Waals surface area contributed by atoms with E-state index in [-0.39, 0.29) is 12.4 Å². The molecule has 0 unspecified atom stereocenters. The Hall–Kier alpha value is -0.130. The molecule has 0 radical (unpaired) electrons. The molecular weight excluding hydrogens is 286 g/mol. The highest BCUT2D eigenvalue weighted by Gasteiger charge is 2.08. The third kappa shape index (κ3) is 16.1. The van der Waals surface area contributed by atoms with Crippen LogP contribution in [-0.4, -0.2) is 33.9 Å². The fourth-order valence-corrected chi connectivity index (χ4v) is 3.17. The Morgan fingerprint density at radius 3 is 1.81 bits per heavy atom. The maximum atomic E-state index is 11.3. The molecule has 0 aromatic heterocycles. The van der Waals surface area contributed by atoms with Crippen molar-refractivity contribution in [1.29, 1.82) is 0 Å². The Bertz CT molecular complexity index is 305. The number of hydrogen-bond donors (Lipinski definition) is 1. The van der Waals surface area contributed by atoms with Gasteiger partial charge in [0.25, 0.3) is 10.1 Å². The molecule has 0 saturated heterocycles. The van der Waals surface area contributed by atoms with Crippen LogP contribution >= 0.6 is 0 Å².